The molecule has 15 nitrogen and oxygen atoms in total. The van der Waals surface area contributed by atoms with Crippen molar-refractivity contribution in [1.82, 2.24) is 51.0 Å². The fourth-order valence-electron chi connectivity index (χ4n) is 3.81. The maximum Gasteiger partial charge on any atom is 0.352 e. The Bertz CT molecular complexity index is 1310. The maximum absolute atomic E-state index is 13.2. The molecule has 0 saturated carbocycles. The van der Waals surface area contributed by atoms with E-state index < -0.39 is 23.0 Å². The van der Waals surface area contributed by atoms with E-state index in [1.54, 1.807) is 0 Å². The molecule has 0 aliphatic carbocycles. The lowest BCUT2D eigenvalue weighted by atomic mass is 9.98. The highest BCUT2D eigenvalue weighted by molar-refractivity contribution is 8.01. The summed E-state index contributed by atoms with van der Waals surface area (Å²) in [7, 11) is 1.32. The lowest BCUT2D eigenvalue weighted by molar-refractivity contribution is -0.192. The van der Waals surface area contributed by atoms with E-state index in [0.29, 0.717) is 22.3 Å². The number of carbonyl (C=O) groups is 3. The summed E-state index contributed by atoms with van der Waals surface area (Å²) in [5.74, 6) is -1.35. The number of methoxy groups -OCH3 is 1. The van der Waals surface area contributed by atoms with Gasteiger partial charge in [-0.3, -0.25) is 14.5 Å². The molecule has 36 heavy (non-hydrogen) atoms. The van der Waals surface area contributed by atoms with Crippen LogP contribution in [0.2, 0.25) is 0 Å². The number of amides is 2. The average Bonchev–Trinajstić information content (AvgIpc) is 3.65. The quantitative estimate of drug-likeness (QED) is 0.164. The first-order valence-electron chi connectivity index (χ1n) is 10.3. The average molecular weight is 551 g/mol. The van der Waals surface area contributed by atoms with Gasteiger partial charge in [-0.05, 0) is 27.4 Å². The molecule has 0 bridgehead atoms. The molecular weight excluding hydrogens is 532 g/mol. The lowest BCUT2D eigenvalue weighted by Gasteiger charge is -2.55. The third kappa shape index (κ3) is 4.36. The number of ether oxygens (including phenoxy) is 1. The van der Waals surface area contributed by atoms with Crippen LogP contribution in [0, 0.1) is 0 Å². The topological polar surface area (TPSA) is 194 Å². The summed E-state index contributed by atoms with van der Waals surface area (Å²) < 4.78 is 6.94. The van der Waals surface area contributed by atoms with Crippen LogP contribution in [-0.2, 0) is 32.1 Å². The number of β-lactam (4-membered cyclic amide) rings is 1. The fourth-order valence-corrected chi connectivity index (χ4v) is 6.97. The van der Waals surface area contributed by atoms with Gasteiger partial charge < -0.3 is 15.2 Å². The Balaban J connectivity index is 1.31. The van der Waals surface area contributed by atoms with Crippen molar-refractivity contribution >= 4 is 52.6 Å². The number of carbonyl (C=O) groups excluding carboxylic acids is 2. The molecule has 5 heterocycles. The number of nitrogens with zero attached hydrogens (tertiary/aromatic N) is 8. The number of tetrazole rings is 2. The molecule has 1 fully saturated rings. The van der Waals surface area contributed by atoms with Crippen LogP contribution in [0.15, 0.2) is 33.9 Å². The van der Waals surface area contributed by atoms with Crippen molar-refractivity contribution in [3.63, 3.8) is 0 Å². The predicted molar refractivity (Wildman–Crippen MR) is 125 cm³/mol. The number of carboxylic acids is 1. The van der Waals surface area contributed by atoms with E-state index in [1.165, 1.54) is 51.6 Å². The van der Waals surface area contributed by atoms with Crippen molar-refractivity contribution in [2.45, 2.75) is 29.2 Å². The highest BCUT2D eigenvalue weighted by Crippen LogP contribution is 2.47. The van der Waals surface area contributed by atoms with Crippen LogP contribution >= 0.6 is 34.9 Å². The van der Waals surface area contributed by atoms with Crippen LogP contribution < -0.4 is 5.32 Å². The highest BCUT2D eigenvalue weighted by Gasteiger charge is 2.66. The van der Waals surface area contributed by atoms with Crippen LogP contribution in [0.4, 0.5) is 0 Å². The first-order valence-corrected chi connectivity index (χ1v) is 13.2. The minimum atomic E-state index is -1.63. The van der Waals surface area contributed by atoms with Crippen LogP contribution in [-0.4, -0.2) is 98.3 Å². The van der Waals surface area contributed by atoms with Gasteiger partial charge in [-0.2, -0.15) is 5.21 Å². The van der Waals surface area contributed by atoms with Crippen LogP contribution in [0.3, 0.4) is 0 Å². The number of hydrogen-bond acceptors (Lipinski definition) is 13. The van der Waals surface area contributed by atoms with E-state index in [1.807, 2.05) is 17.5 Å². The molecule has 2 atom stereocenters. The van der Waals surface area contributed by atoms with Crippen molar-refractivity contribution in [3.8, 4) is 0 Å². The molecule has 0 aromatic carbocycles. The summed E-state index contributed by atoms with van der Waals surface area (Å²) in [6.45, 7) is 0.180. The molecular formula is C18H18N10O5S3. The standard InChI is InChI=1S/C18H18N10O5S3/c1-33-18(19-12(29)5-10-3-2-4-34-10)15(32)28-13(14(30)31)9(7-35-16(18)28)8-36-17-22-25-26-27(17)6-11-20-23-24-21-11/h2-4,16H,5-8H2,1H3,(H,19,29)(H,30,31)(H,20,21,23,24)/t16-,18?/m1/s1. The molecule has 1 saturated heterocycles. The minimum Gasteiger partial charge on any atom is -0.477 e. The van der Waals surface area contributed by atoms with Gasteiger partial charge in [0.2, 0.25) is 11.1 Å². The van der Waals surface area contributed by atoms with Gasteiger partial charge in [0.25, 0.3) is 11.6 Å². The van der Waals surface area contributed by atoms with Crippen molar-refractivity contribution in [2.75, 3.05) is 18.6 Å². The second kappa shape index (κ2) is 9.96. The summed E-state index contributed by atoms with van der Waals surface area (Å²) in [6.07, 6.45) is 0.0928. The SMILES string of the molecule is COC1(NC(=O)Cc2cccs2)C(=O)N2C(C(=O)O)=C(CSc3nnnn3Cc3nn[nH]n3)CS[C@@H]21. The van der Waals surface area contributed by atoms with Gasteiger partial charge in [0.15, 0.2) is 5.82 Å². The normalized spacial score (nSPS) is 21.3. The Morgan fingerprint density at radius 1 is 1.42 bits per heavy atom. The van der Waals surface area contributed by atoms with Crippen molar-refractivity contribution in [3.05, 3.63) is 39.5 Å². The summed E-state index contributed by atoms with van der Waals surface area (Å²) in [5, 5.41) is 39.3. The molecule has 2 aliphatic heterocycles. The van der Waals surface area contributed by atoms with Crippen LogP contribution in [0.1, 0.15) is 10.7 Å². The third-order valence-corrected chi connectivity index (χ3v) is 8.72. The van der Waals surface area contributed by atoms with Crippen LogP contribution in [0.25, 0.3) is 0 Å². The zero-order valence-corrected chi connectivity index (χ0v) is 21.0. The number of aromatic nitrogens is 8. The molecule has 1 unspecified atom stereocenters. The molecule has 188 valence electrons. The Morgan fingerprint density at radius 2 is 2.28 bits per heavy atom. The molecule has 3 N–H and O–H groups in total. The molecule has 3 aromatic heterocycles. The maximum atomic E-state index is 13.2. The second-order valence-electron chi connectivity index (χ2n) is 7.58. The number of rotatable bonds is 10. The summed E-state index contributed by atoms with van der Waals surface area (Å²) in [5.41, 5.74) is -1.24. The van der Waals surface area contributed by atoms with Crippen LogP contribution in [0.5, 0.6) is 0 Å². The minimum absolute atomic E-state index is 0.0928. The number of thioether (sulfide) groups is 2. The molecule has 18 heteroatoms. The van der Waals surface area contributed by atoms with Gasteiger partial charge in [-0.15, -0.1) is 38.4 Å². The number of hydrogen-bond donors (Lipinski definition) is 3. The zero-order chi connectivity index (χ0) is 25.3. The van der Waals surface area contributed by atoms with E-state index in [-0.39, 0.29) is 30.3 Å². The number of aliphatic carboxylic acids is 1. The van der Waals surface area contributed by atoms with Crippen molar-refractivity contribution in [2.24, 2.45) is 0 Å². The van der Waals surface area contributed by atoms with E-state index in [0.717, 1.165) is 4.88 Å². The number of thiophene rings is 1. The molecule has 2 aliphatic rings. The van der Waals surface area contributed by atoms with Gasteiger partial charge in [-0.25, -0.2) is 9.48 Å². The Morgan fingerprint density at radius 3 is 2.97 bits per heavy atom. The van der Waals surface area contributed by atoms with E-state index in [4.69, 9.17) is 4.74 Å². The third-order valence-electron chi connectivity index (χ3n) is 5.43. The van der Waals surface area contributed by atoms with E-state index >= 15 is 0 Å². The lowest BCUT2D eigenvalue weighted by Crippen LogP contribution is -2.80. The smallest absolute Gasteiger partial charge is 0.352 e. The Kier molecular flexibility index (Phi) is 6.73. The summed E-state index contributed by atoms with van der Waals surface area (Å²) in [4.78, 5) is 40.1. The zero-order valence-electron chi connectivity index (χ0n) is 18.5. The monoisotopic (exact) mass is 550 g/mol. The van der Waals surface area contributed by atoms with Gasteiger partial charge in [0.1, 0.15) is 17.6 Å². The molecule has 5 rings (SSSR count). The molecule has 0 spiro atoms. The number of H-pyrrole nitrogens is 1. The predicted octanol–water partition coefficient (Wildman–Crippen LogP) is -0.656. The first-order chi connectivity index (χ1) is 17.4. The summed E-state index contributed by atoms with van der Waals surface area (Å²) >= 11 is 3.96. The number of nitrogens with one attached hydrogen (secondary N) is 2. The van der Waals surface area contributed by atoms with Gasteiger partial charge in [0.05, 0.1) is 6.42 Å². The van der Waals surface area contributed by atoms with Crippen molar-refractivity contribution in [1.29, 1.82) is 0 Å². The fraction of sp³-hybridized carbons (Fsp3) is 0.389. The highest BCUT2D eigenvalue weighted by atomic mass is 32.2. The van der Waals surface area contributed by atoms with E-state index in [2.05, 4.69) is 41.5 Å². The molecule has 3 aromatic rings. The van der Waals surface area contributed by atoms with Crippen molar-refractivity contribution < 1.29 is 24.2 Å². The number of fused-ring (bicyclic) bond motifs is 1. The first kappa shape index (κ1) is 24.3. The Labute approximate surface area is 215 Å². The molecule has 2 amide bonds. The molecule has 0 radical (unpaired) electrons. The number of carboxylic acid groups (broad SMARTS) is 1. The van der Waals surface area contributed by atoms with Gasteiger partial charge in [0, 0.05) is 23.5 Å². The second-order valence-corrected chi connectivity index (χ2v) is 10.6. The van der Waals surface area contributed by atoms with Gasteiger partial charge in [-0.1, -0.05) is 23.0 Å². The van der Waals surface area contributed by atoms with E-state index in [9.17, 15) is 19.5 Å². The van der Waals surface area contributed by atoms with Gasteiger partial charge >= 0.3 is 5.97 Å². The Hall–Kier alpha value is -3.35. The number of aromatic amines is 1. The summed E-state index contributed by atoms with van der Waals surface area (Å²) in [6, 6.07) is 3.65. The largest absolute Gasteiger partial charge is 0.477 e.